The van der Waals surface area contributed by atoms with E-state index in [0.717, 1.165) is 6.07 Å². The standard InChI is InChI=1S/C9H8F2O2/c1-12-9(5-13-9)7-3-2-6(10)4-8(7)11/h2-4H,5H2,1H3. The zero-order valence-corrected chi connectivity index (χ0v) is 7.01. The molecule has 4 heteroatoms. The Morgan fingerprint density at radius 3 is 2.62 bits per heavy atom. The molecule has 0 bridgehead atoms. The van der Waals surface area contributed by atoms with Crippen molar-refractivity contribution in [2.75, 3.05) is 13.7 Å². The molecule has 1 aliphatic heterocycles. The molecule has 0 aliphatic carbocycles. The fraction of sp³-hybridized carbons (Fsp3) is 0.333. The summed E-state index contributed by atoms with van der Waals surface area (Å²) in [5.41, 5.74) is 0.247. The molecule has 0 amide bonds. The third-order valence-corrected chi connectivity index (χ3v) is 2.08. The van der Waals surface area contributed by atoms with Crippen LogP contribution in [0.15, 0.2) is 18.2 Å². The number of halogens is 2. The monoisotopic (exact) mass is 186 g/mol. The second-order valence-electron chi connectivity index (χ2n) is 2.87. The Morgan fingerprint density at radius 1 is 1.46 bits per heavy atom. The SMILES string of the molecule is COC1(c2ccc(F)cc2F)CO1. The van der Waals surface area contributed by atoms with E-state index in [-0.39, 0.29) is 5.56 Å². The van der Waals surface area contributed by atoms with E-state index >= 15 is 0 Å². The third kappa shape index (κ3) is 1.32. The Balaban J connectivity index is 2.41. The minimum absolute atomic E-state index is 0.247. The number of benzene rings is 1. The highest BCUT2D eigenvalue weighted by atomic mass is 19.1. The van der Waals surface area contributed by atoms with Gasteiger partial charge in [-0.1, -0.05) is 0 Å². The van der Waals surface area contributed by atoms with Gasteiger partial charge in [0.1, 0.15) is 18.2 Å². The second-order valence-corrected chi connectivity index (χ2v) is 2.87. The first-order valence-electron chi connectivity index (χ1n) is 3.82. The summed E-state index contributed by atoms with van der Waals surface area (Å²) in [5, 5.41) is 0. The minimum atomic E-state index is -0.974. The molecule has 1 saturated heterocycles. The van der Waals surface area contributed by atoms with Crippen LogP contribution in [0.2, 0.25) is 0 Å². The van der Waals surface area contributed by atoms with E-state index < -0.39 is 17.4 Å². The van der Waals surface area contributed by atoms with E-state index in [1.54, 1.807) is 0 Å². The predicted octanol–water partition coefficient (Wildman–Crippen LogP) is 1.79. The lowest BCUT2D eigenvalue weighted by Gasteiger charge is -2.10. The number of ether oxygens (including phenoxy) is 2. The lowest BCUT2D eigenvalue weighted by molar-refractivity contribution is -0.0164. The molecule has 1 fully saturated rings. The van der Waals surface area contributed by atoms with Crippen LogP contribution in [0.3, 0.4) is 0 Å². The summed E-state index contributed by atoms with van der Waals surface area (Å²) in [5.74, 6) is -2.22. The summed E-state index contributed by atoms with van der Waals surface area (Å²) in [6.07, 6.45) is 0. The van der Waals surface area contributed by atoms with Gasteiger partial charge < -0.3 is 9.47 Å². The number of hydrogen-bond acceptors (Lipinski definition) is 2. The predicted molar refractivity (Wildman–Crippen MR) is 41.0 cm³/mol. The van der Waals surface area contributed by atoms with Crippen molar-refractivity contribution in [1.29, 1.82) is 0 Å². The molecule has 13 heavy (non-hydrogen) atoms. The normalized spacial score (nSPS) is 26.1. The van der Waals surface area contributed by atoms with E-state index in [0.29, 0.717) is 6.61 Å². The van der Waals surface area contributed by atoms with Crippen LogP contribution in [-0.2, 0) is 15.3 Å². The van der Waals surface area contributed by atoms with Crippen LogP contribution in [0.1, 0.15) is 5.56 Å². The van der Waals surface area contributed by atoms with Gasteiger partial charge >= 0.3 is 0 Å². The van der Waals surface area contributed by atoms with Crippen LogP contribution in [0.4, 0.5) is 8.78 Å². The number of methoxy groups -OCH3 is 1. The van der Waals surface area contributed by atoms with Gasteiger partial charge in [0.15, 0.2) is 0 Å². The largest absolute Gasteiger partial charge is 0.347 e. The van der Waals surface area contributed by atoms with E-state index in [2.05, 4.69) is 0 Å². The Bertz CT molecular complexity index is 334. The molecule has 0 radical (unpaired) electrons. The van der Waals surface area contributed by atoms with Gasteiger partial charge in [0, 0.05) is 18.7 Å². The molecule has 1 aromatic carbocycles. The molecule has 70 valence electrons. The van der Waals surface area contributed by atoms with Gasteiger partial charge in [-0.2, -0.15) is 0 Å². The van der Waals surface area contributed by atoms with Gasteiger partial charge in [0.25, 0.3) is 0 Å². The fourth-order valence-corrected chi connectivity index (χ4v) is 1.25. The van der Waals surface area contributed by atoms with Gasteiger partial charge in [-0.05, 0) is 12.1 Å². The molecule has 0 spiro atoms. The van der Waals surface area contributed by atoms with Gasteiger partial charge in [-0.25, -0.2) is 8.78 Å². The van der Waals surface area contributed by atoms with Crippen molar-refractivity contribution in [3.8, 4) is 0 Å². The molecule has 1 aliphatic rings. The lowest BCUT2D eigenvalue weighted by Crippen LogP contribution is -2.13. The molecular weight excluding hydrogens is 178 g/mol. The van der Waals surface area contributed by atoms with Gasteiger partial charge in [-0.15, -0.1) is 0 Å². The molecule has 2 nitrogen and oxygen atoms in total. The zero-order chi connectivity index (χ0) is 9.47. The van der Waals surface area contributed by atoms with E-state index in [1.807, 2.05) is 0 Å². The number of hydrogen-bond donors (Lipinski definition) is 0. The highest BCUT2D eigenvalue weighted by molar-refractivity contribution is 5.26. The summed E-state index contributed by atoms with van der Waals surface area (Å²) < 4.78 is 35.6. The lowest BCUT2D eigenvalue weighted by atomic mass is 10.1. The van der Waals surface area contributed by atoms with Crippen molar-refractivity contribution in [3.05, 3.63) is 35.4 Å². The van der Waals surface area contributed by atoms with E-state index in [9.17, 15) is 8.78 Å². The van der Waals surface area contributed by atoms with Gasteiger partial charge in [0.05, 0.1) is 0 Å². The Labute approximate surface area is 74.1 Å². The zero-order valence-electron chi connectivity index (χ0n) is 7.01. The van der Waals surface area contributed by atoms with Crippen LogP contribution in [-0.4, -0.2) is 13.7 Å². The van der Waals surface area contributed by atoms with E-state index in [4.69, 9.17) is 9.47 Å². The Morgan fingerprint density at radius 2 is 2.15 bits per heavy atom. The van der Waals surface area contributed by atoms with Crippen LogP contribution >= 0.6 is 0 Å². The second kappa shape index (κ2) is 2.75. The van der Waals surface area contributed by atoms with Crippen LogP contribution in [0.25, 0.3) is 0 Å². The molecule has 1 heterocycles. The first kappa shape index (κ1) is 8.59. The first-order chi connectivity index (χ1) is 6.18. The molecule has 1 aromatic rings. The van der Waals surface area contributed by atoms with Crippen molar-refractivity contribution >= 4 is 0 Å². The maximum absolute atomic E-state index is 13.2. The molecule has 0 N–H and O–H groups in total. The van der Waals surface area contributed by atoms with Crippen molar-refractivity contribution in [1.82, 2.24) is 0 Å². The van der Waals surface area contributed by atoms with Gasteiger partial charge in [-0.3, -0.25) is 0 Å². The third-order valence-electron chi connectivity index (χ3n) is 2.08. The highest BCUT2D eigenvalue weighted by Crippen LogP contribution is 2.40. The molecule has 0 aromatic heterocycles. The van der Waals surface area contributed by atoms with Crippen LogP contribution < -0.4 is 0 Å². The number of epoxide rings is 1. The molecule has 1 atom stereocenters. The summed E-state index contributed by atoms with van der Waals surface area (Å²) in [6, 6.07) is 3.33. The maximum atomic E-state index is 13.2. The first-order valence-corrected chi connectivity index (χ1v) is 3.82. The summed E-state index contributed by atoms with van der Waals surface area (Å²) in [6.45, 7) is 0.312. The molecular formula is C9H8F2O2. The maximum Gasteiger partial charge on any atom is 0.222 e. The Hall–Kier alpha value is -1.00. The average Bonchev–Trinajstić information content (AvgIpc) is 2.85. The van der Waals surface area contributed by atoms with Crippen molar-refractivity contribution in [3.63, 3.8) is 0 Å². The van der Waals surface area contributed by atoms with Gasteiger partial charge in [0.2, 0.25) is 5.79 Å². The summed E-state index contributed by atoms with van der Waals surface area (Å²) in [4.78, 5) is 0. The average molecular weight is 186 g/mol. The molecule has 0 saturated carbocycles. The van der Waals surface area contributed by atoms with Crippen LogP contribution in [0, 0.1) is 11.6 Å². The smallest absolute Gasteiger partial charge is 0.222 e. The van der Waals surface area contributed by atoms with Crippen LogP contribution in [0.5, 0.6) is 0 Å². The summed E-state index contributed by atoms with van der Waals surface area (Å²) >= 11 is 0. The van der Waals surface area contributed by atoms with Crippen molar-refractivity contribution in [2.45, 2.75) is 5.79 Å². The summed E-state index contributed by atoms with van der Waals surface area (Å²) in [7, 11) is 1.43. The van der Waals surface area contributed by atoms with Crippen molar-refractivity contribution < 1.29 is 18.3 Å². The quantitative estimate of drug-likeness (QED) is 0.657. The molecule has 2 rings (SSSR count). The Kier molecular flexibility index (Phi) is 1.82. The molecule has 1 unspecified atom stereocenters. The minimum Gasteiger partial charge on any atom is -0.347 e. The fourth-order valence-electron chi connectivity index (χ4n) is 1.25. The number of rotatable bonds is 2. The topological polar surface area (TPSA) is 21.8 Å². The highest BCUT2D eigenvalue weighted by Gasteiger charge is 2.49. The van der Waals surface area contributed by atoms with Crippen molar-refractivity contribution in [2.24, 2.45) is 0 Å². The van der Waals surface area contributed by atoms with E-state index in [1.165, 1.54) is 19.2 Å².